The number of benzene rings is 1. The third-order valence-electron chi connectivity index (χ3n) is 7.08. The van der Waals surface area contributed by atoms with Crippen LogP contribution in [0.2, 0.25) is 0 Å². The number of amides is 4. The SMILES string of the molecule is CCC(CC)C(NC(=O)Nc1ccc(CI)cc1)C(=O)N1CCN(N2Cc3cnc(C)n3C2=O)CC1. The molecule has 11 heteroatoms. The van der Waals surface area contributed by atoms with E-state index in [1.165, 1.54) is 5.56 Å². The number of aryl methyl sites for hydroxylation is 1. The zero-order valence-electron chi connectivity index (χ0n) is 21.0. The van der Waals surface area contributed by atoms with Crippen LogP contribution in [-0.2, 0) is 15.8 Å². The average Bonchev–Trinajstić information content (AvgIpc) is 3.43. The Hall–Kier alpha value is -2.67. The normalized spacial score (nSPS) is 16.9. The molecule has 0 aliphatic carbocycles. The van der Waals surface area contributed by atoms with Crippen LogP contribution in [0.1, 0.15) is 43.8 Å². The molecule has 0 radical (unpaired) electrons. The molecular formula is C25H34IN7O3. The summed E-state index contributed by atoms with van der Waals surface area (Å²) in [7, 11) is 0. The standard InChI is InChI=1S/C25H34IN7O3/c1-4-19(5-2)22(29-24(35)28-20-8-6-18(14-26)7-9-20)23(34)30-10-12-31(13-11-30)32-16-21-15-27-17(3)33(21)25(32)36/h6-9,15,19,22H,4-5,10-14,16H2,1-3H3,(H2,28,29,35). The van der Waals surface area contributed by atoms with Gasteiger partial charge in [0.1, 0.15) is 11.9 Å². The van der Waals surface area contributed by atoms with Gasteiger partial charge < -0.3 is 15.5 Å². The van der Waals surface area contributed by atoms with Gasteiger partial charge in [0.05, 0.1) is 18.4 Å². The van der Waals surface area contributed by atoms with E-state index < -0.39 is 6.04 Å². The number of aromatic nitrogens is 2. The van der Waals surface area contributed by atoms with Crippen LogP contribution >= 0.6 is 22.6 Å². The number of hydrazine groups is 1. The first-order chi connectivity index (χ1) is 17.4. The molecule has 10 nitrogen and oxygen atoms in total. The highest BCUT2D eigenvalue weighted by molar-refractivity contribution is 14.1. The summed E-state index contributed by atoms with van der Waals surface area (Å²) in [5, 5.41) is 9.55. The van der Waals surface area contributed by atoms with Gasteiger partial charge in [-0.25, -0.2) is 24.1 Å². The third-order valence-corrected chi connectivity index (χ3v) is 7.96. The van der Waals surface area contributed by atoms with Gasteiger partial charge in [0.15, 0.2) is 0 Å². The van der Waals surface area contributed by atoms with Crippen molar-refractivity contribution in [2.45, 2.75) is 50.6 Å². The Morgan fingerprint density at radius 1 is 1.08 bits per heavy atom. The van der Waals surface area contributed by atoms with Gasteiger partial charge >= 0.3 is 12.1 Å². The Kier molecular flexibility index (Phi) is 8.50. The number of imidazole rings is 1. The number of fused-ring (bicyclic) bond motifs is 1. The molecule has 1 aromatic carbocycles. The monoisotopic (exact) mass is 607 g/mol. The zero-order valence-corrected chi connectivity index (χ0v) is 23.2. The van der Waals surface area contributed by atoms with Gasteiger partial charge in [-0.1, -0.05) is 61.4 Å². The summed E-state index contributed by atoms with van der Waals surface area (Å²) in [6, 6.07) is 6.61. The number of hydrogen-bond acceptors (Lipinski definition) is 5. The number of nitrogens with zero attached hydrogens (tertiary/aromatic N) is 5. The van der Waals surface area contributed by atoms with Crippen LogP contribution in [0.25, 0.3) is 0 Å². The lowest BCUT2D eigenvalue weighted by atomic mass is 9.93. The van der Waals surface area contributed by atoms with Crippen LogP contribution in [0, 0.1) is 12.8 Å². The number of carbonyl (C=O) groups is 3. The lowest BCUT2D eigenvalue weighted by molar-refractivity contribution is -0.138. The largest absolute Gasteiger partial charge is 0.344 e. The van der Waals surface area contributed by atoms with E-state index in [0.717, 1.165) is 23.0 Å². The maximum atomic E-state index is 13.6. The van der Waals surface area contributed by atoms with Gasteiger partial charge in [-0.2, -0.15) is 0 Å². The summed E-state index contributed by atoms with van der Waals surface area (Å²) in [5.74, 6) is 0.645. The summed E-state index contributed by atoms with van der Waals surface area (Å²) in [6.45, 7) is 8.49. The summed E-state index contributed by atoms with van der Waals surface area (Å²) >= 11 is 2.30. The van der Waals surface area contributed by atoms with E-state index in [1.54, 1.807) is 15.8 Å². The van der Waals surface area contributed by atoms with Crippen LogP contribution in [0.4, 0.5) is 15.3 Å². The molecule has 2 N–H and O–H groups in total. The minimum absolute atomic E-state index is 0.0317. The Bertz CT molecular complexity index is 1090. The second-order valence-corrected chi connectivity index (χ2v) is 10.00. The number of urea groups is 1. The van der Waals surface area contributed by atoms with Gasteiger partial charge in [-0.05, 0) is 30.5 Å². The topological polar surface area (TPSA) is 103 Å². The van der Waals surface area contributed by atoms with Crippen molar-refractivity contribution in [3.05, 3.63) is 47.5 Å². The van der Waals surface area contributed by atoms with Crippen molar-refractivity contribution in [3.63, 3.8) is 0 Å². The van der Waals surface area contributed by atoms with E-state index in [9.17, 15) is 14.4 Å². The quantitative estimate of drug-likeness (QED) is 0.353. The minimum atomic E-state index is -0.608. The number of rotatable bonds is 8. The average molecular weight is 607 g/mol. The molecule has 2 aliphatic rings. The van der Waals surface area contributed by atoms with Crippen molar-refractivity contribution >= 4 is 46.2 Å². The molecular weight excluding hydrogens is 573 g/mol. The molecule has 2 aromatic rings. The molecule has 2 aliphatic heterocycles. The first-order valence-corrected chi connectivity index (χ1v) is 14.0. The molecule has 4 amide bonds. The Morgan fingerprint density at radius 2 is 1.75 bits per heavy atom. The number of halogens is 1. The Balaban J connectivity index is 1.37. The molecule has 1 saturated heterocycles. The smallest absolute Gasteiger partial charge is 0.338 e. The van der Waals surface area contributed by atoms with Crippen molar-refractivity contribution in [3.8, 4) is 0 Å². The molecule has 194 valence electrons. The van der Waals surface area contributed by atoms with E-state index in [0.29, 0.717) is 44.2 Å². The lowest BCUT2D eigenvalue weighted by Gasteiger charge is -2.40. The van der Waals surface area contributed by atoms with Gasteiger partial charge in [0.25, 0.3) is 0 Å². The van der Waals surface area contributed by atoms with Crippen LogP contribution < -0.4 is 10.6 Å². The maximum absolute atomic E-state index is 13.6. The molecule has 36 heavy (non-hydrogen) atoms. The first-order valence-electron chi connectivity index (χ1n) is 12.5. The molecule has 0 bridgehead atoms. The predicted molar refractivity (Wildman–Crippen MR) is 146 cm³/mol. The van der Waals surface area contributed by atoms with Gasteiger partial charge in [0.2, 0.25) is 5.91 Å². The van der Waals surface area contributed by atoms with E-state index in [1.807, 2.05) is 54.9 Å². The van der Waals surface area contributed by atoms with Crippen molar-refractivity contribution in [2.24, 2.45) is 5.92 Å². The number of hydrogen-bond donors (Lipinski definition) is 2. The van der Waals surface area contributed by atoms with Crippen LogP contribution in [0.15, 0.2) is 30.5 Å². The highest BCUT2D eigenvalue weighted by Crippen LogP contribution is 2.22. The second kappa shape index (κ2) is 11.6. The van der Waals surface area contributed by atoms with Crippen molar-refractivity contribution in [2.75, 3.05) is 31.5 Å². The zero-order chi connectivity index (χ0) is 25.8. The van der Waals surface area contributed by atoms with E-state index in [4.69, 9.17) is 0 Å². The van der Waals surface area contributed by atoms with Crippen LogP contribution in [0.5, 0.6) is 0 Å². The summed E-state index contributed by atoms with van der Waals surface area (Å²) < 4.78 is 2.54. The molecule has 4 rings (SSSR count). The summed E-state index contributed by atoms with van der Waals surface area (Å²) in [5.41, 5.74) is 2.75. The second-order valence-electron chi connectivity index (χ2n) is 9.23. The van der Waals surface area contributed by atoms with Crippen molar-refractivity contribution in [1.82, 2.24) is 29.8 Å². The summed E-state index contributed by atoms with van der Waals surface area (Å²) in [6.07, 6.45) is 3.30. The Labute approximate surface area is 225 Å². The van der Waals surface area contributed by atoms with Crippen LogP contribution in [0.3, 0.4) is 0 Å². The molecule has 1 fully saturated rings. The molecule has 1 unspecified atom stereocenters. The fraction of sp³-hybridized carbons (Fsp3) is 0.520. The van der Waals surface area contributed by atoms with E-state index in [2.05, 4.69) is 38.2 Å². The van der Waals surface area contributed by atoms with Crippen molar-refractivity contribution < 1.29 is 14.4 Å². The van der Waals surface area contributed by atoms with Crippen molar-refractivity contribution in [1.29, 1.82) is 0 Å². The number of anilines is 1. The number of piperazine rings is 1. The minimum Gasteiger partial charge on any atom is -0.338 e. The maximum Gasteiger partial charge on any atom is 0.344 e. The van der Waals surface area contributed by atoms with E-state index >= 15 is 0 Å². The number of nitrogens with one attached hydrogen (secondary N) is 2. The highest BCUT2D eigenvalue weighted by atomic mass is 127. The summed E-state index contributed by atoms with van der Waals surface area (Å²) in [4.78, 5) is 45.3. The molecule has 3 heterocycles. The lowest BCUT2D eigenvalue weighted by Crippen LogP contribution is -2.59. The fourth-order valence-corrected chi connectivity index (χ4v) is 5.41. The molecule has 1 aromatic heterocycles. The molecule has 1 atom stereocenters. The Morgan fingerprint density at radius 3 is 2.33 bits per heavy atom. The first kappa shape index (κ1) is 26.4. The number of alkyl halides is 1. The van der Waals surface area contributed by atoms with Gasteiger partial charge in [0, 0.05) is 36.3 Å². The van der Waals surface area contributed by atoms with Crippen LogP contribution in [-0.4, -0.2) is 74.7 Å². The fourth-order valence-electron chi connectivity index (χ4n) is 4.90. The third kappa shape index (κ3) is 5.51. The molecule has 0 saturated carbocycles. The number of carbonyl (C=O) groups excluding carboxylic acids is 3. The van der Waals surface area contributed by atoms with Gasteiger partial charge in [-0.15, -0.1) is 0 Å². The predicted octanol–water partition coefficient (Wildman–Crippen LogP) is 3.60. The molecule has 0 spiro atoms. The highest BCUT2D eigenvalue weighted by Gasteiger charge is 2.37. The van der Waals surface area contributed by atoms with Gasteiger partial charge in [-0.3, -0.25) is 9.80 Å². The van der Waals surface area contributed by atoms with E-state index in [-0.39, 0.29) is 23.9 Å².